The average molecular weight is 303 g/mol. The molecule has 0 bridgehead atoms. The third-order valence-corrected chi connectivity index (χ3v) is 2.93. The van der Waals surface area contributed by atoms with E-state index in [1.54, 1.807) is 0 Å². The highest BCUT2D eigenvalue weighted by atomic mass is 35.5. The summed E-state index contributed by atoms with van der Waals surface area (Å²) in [5.74, 6) is -1.76. The molecule has 0 aromatic heterocycles. The van der Waals surface area contributed by atoms with Gasteiger partial charge < -0.3 is 15.7 Å². The molecule has 0 saturated carbocycles. The first kappa shape index (κ1) is 16.2. The highest BCUT2D eigenvalue weighted by molar-refractivity contribution is 6.30. The lowest BCUT2D eigenvalue weighted by atomic mass is 10.1. The Morgan fingerprint density at radius 3 is 2.70 bits per heavy atom. The fraction of sp³-hybridized carbons (Fsp3) is 0.385. The molecule has 0 heterocycles. The van der Waals surface area contributed by atoms with Crippen LogP contribution >= 0.6 is 11.6 Å². The topological polar surface area (TPSA) is 78.4 Å². The van der Waals surface area contributed by atoms with Gasteiger partial charge in [0.15, 0.2) is 0 Å². The van der Waals surface area contributed by atoms with Gasteiger partial charge in [0.05, 0.1) is 5.02 Å². The Morgan fingerprint density at radius 2 is 2.15 bits per heavy atom. The number of halogens is 2. The Morgan fingerprint density at radius 1 is 1.45 bits per heavy atom. The van der Waals surface area contributed by atoms with Crippen LogP contribution in [0.15, 0.2) is 18.2 Å². The molecule has 0 unspecified atom stereocenters. The number of aliphatic carboxylic acids is 1. The molecule has 110 valence electrons. The molecule has 20 heavy (non-hydrogen) atoms. The Bertz CT molecular complexity index is 497. The summed E-state index contributed by atoms with van der Waals surface area (Å²) in [5.41, 5.74) is 0.198. The first-order valence-corrected chi connectivity index (χ1v) is 6.57. The van der Waals surface area contributed by atoms with E-state index in [0.717, 1.165) is 12.5 Å². The zero-order chi connectivity index (χ0) is 15.1. The van der Waals surface area contributed by atoms with E-state index in [0.29, 0.717) is 12.8 Å². The molecule has 1 aromatic rings. The van der Waals surface area contributed by atoms with E-state index in [9.17, 15) is 14.0 Å². The number of urea groups is 1. The van der Waals surface area contributed by atoms with Gasteiger partial charge in [0.1, 0.15) is 11.9 Å². The molecule has 0 aliphatic carbocycles. The lowest BCUT2D eigenvalue weighted by molar-refractivity contribution is -0.139. The SMILES string of the molecule is CCCC[C@H](NC(=O)Nc1ccc(Cl)c(F)c1)C(=O)O. The quantitative estimate of drug-likeness (QED) is 0.755. The summed E-state index contributed by atoms with van der Waals surface area (Å²) in [6.45, 7) is 1.93. The molecule has 2 amide bonds. The molecule has 0 saturated heterocycles. The van der Waals surface area contributed by atoms with Gasteiger partial charge in [0.25, 0.3) is 0 Å². The first-order valence-electron chi connectivity index (χ1n) is 6.19. The van der Waals surface area contributed by atoms with Gasteiger partial charge >= 0.3 is 12.0 Å². The molecule has 0 aliphatic rings. The number of hydrogen-bond acceptors (Lipinski definition) is 2. The van der Waals surface area contributed by atoms with Crippen molar-refractivity contribution in [2.75, 3.05) is 5.32 Å². The minimum atomic E-state index is -1.10. The van der Waals surface area contributed by atoms with Gasteiger partial charge in [0.2, 0.25) is 0 Å². The number of hydrogen-bond donors (Lipinski definition) is 3. The van der Waals surface area contributed by atoms with Crippen LogP contribution in [0.5, 0.6) is 0 Å². The van der Waals surface area contributed by atoms with Crippen molar-refractivity contribution in [3.8, 4) is 0 Å². The predicted molar refractivity (Wildman–Crippen MR) is 74.5 cm³/mol. The predicted octanol–water partition coefficient (Wildman–Crippen LogP) is 3.24. The second-order valence-corrected chi connectivity index (χ2v) is 4.67. The molecule has 0 radical (unpaired) electrons. The number of carboxylic acid groups (broad SMARTS) is 1. The van der Waals surface area contributed by atoms with Crippen molar-refractivity contribution < 1.29 is 19.1 Å². The van der Waals surface area contributed by atoms with Crippen LogP contribution in [0.1, 0.15) is 26.2 Å². The van der Waals surface area contributed by atoms with E-state index in [1.807, 2.05) is 6.92 Å². The van der Waals surface area contributed by atoms with Crippen molar-refractivity contribution in [2.24, 2.45) is 0 Å². The van der Waals surface area contributed by atoms with Crippen molar-refractivity contribution in [2.45, 2.75) is 32.2 Å². The normalized spacial score (nSPS) is 11.8. The smallest absolute Gasteiger partial charge is 0.326 e. The van der Waals surface area contributed by atoms with Crippen molar-refractivity contribution in [1.29, 1.82) is 0 Å². The van der Waals surface area contributed by atoms with Gasteiger partial charge in [-0.25, -0.2) is 14.0 Å². The minimum Gasteiger partial charge on any atom is -0.480 e. The van der Waals surface area contributed by atoms with Crippen molar-refractivity contribution in [3.05, 3.63) is 29.0 Å². The van der Waals surface area contributed by atoms with Gasteiger partial charge in [-0.2, -0.15) is 0 Å². The van der Waals surface area contributed by atoms with Crippen LogP contribution in [0.25, 0.3) is 0 Å². The van der Waals surface area contributed by atoms with Gasteiger partial charge in [-0.05, 0) is 24.6 Å². The third-order valence-electron chi connectivity index (χ3n) is 2.63. The number of benzene rings is 1. The van der Waals surface area contributed by atoms with E-state index in [1.165, 1.54) is 12.1 Å². The second kappa shape index (κ2) is 7.69. The average Bonchev–Trinajstić information content (AvgIpc) is 2.38. The maximum Gasteiger partial charge on any atom is 0.326 e. The summed E-state index contributed by atoms with van der Waals surface area (Å²) < 4.78 is 13.2. The molecule has 0 aliphatic heterocycles. The molecular formula is C13H16ClFN2O3. The minimum absolute atomic E-state index is 0.0534. The molecule has 1 aromatic carbocycles. The van der Waals surface area contributed by atoms with Crippen LogP contribution in [-0.2, 0) is 4.79 Å². The Hall–Kier alpha value is -1.82. The van der Waals surface area contributed by atoms with E-state index in [4.69, 9.17) is 16.7 Å². The van der Waals surface area contributed by atoms with E-state index in [-0.39, 0.29) is 10.7 Å². The van der Waals surface area contributed by atoms with Crippen LogP contribution < -0.4 is 10.6 Å². The van der Waals surface area contributed by atoms with Gasteiger partial charge in [-0.1, -0.05) is 31.4 Å². The largest absolute Gasteiger partial charge is 0.480 e. The van der Waals surface area contributed by atoms with Crippen molar-refractivity contribution >= 4 is 29.3 Å². The fourth-order valence-electron chi connectivity index (χ4n) is 1.56. The lowest BCUT2D eigenvalue weighted by Crippen LogP contribution is -2.42. The number of carbonyl (C=O) groups is 2. The highest BCUT2D eigenvalue weighted by Crippen LogP contribution is 2.18. The number of carboxylic acids is 1. The zero-order valence-electron chi connectivity index (χ0n) is 11.0. The van der Waals surface area contributed by atoms with Gasteiger partial charge in [-0.3, -0.25) is 0 Å². The summed E-state index contributed by atoms with van der Waals surface area (Å²) in [6, 6.07) is 2.12. The first-order chi connectivity index (χ1) is 9.43. The van der Waals surface area contributed by atoms with E-state index in [2.05, 4.69) is 10.6 Å². The maximum atomic E-state index is 13.2. The number of anilines is 1. The summed E-state index contributed by atoms with van der Waals surface area (Å²) in [7, 11) is 0. The Labute approximate surface area is 121 Å². The zero-order valence-corrected chi connectivity index (χ0v) is 11.7. The van der Waals surface area contributed by atoms with Gasteiger partial charge in [-0.15, -0.1) is 0 Å². The number of amides is 2. The van der Waals surface area contributed by atoms with Crippen LogP contribution in [0.2, 0.25) is 5.02 Å². The van der Waals surface area contributed by atoms with Crippen LogP contribution in [0, 0.1) is 5.82 Å². The van der Waals surface area contributed by atoms with E-state index >= 15 is 0 Å². The molecule has 7 heteroatoms. The van der Waals surface area contributed by atoms with Crippen molar-refractivity contribution in [1.82, 2.24) is 5.32 Å². The number of carbonyl (C=O) groups excluding carboxylic acids is 1. The molecule has 0 spiro atoms. The summed E-state index contributed by atoms with van der Waals surface area (Å²) in [5, 5.41) is 13.6. The third kappa shape index (κ3) is 5.05. The summed E-state index contributed by atoms with van der Waals surface area (Å²) in [4.78, 5) is 22.6. The number of rotatable bonds is 6. The molecule has 1 atom stereocenters. The monoisotopic (exact) mass is 302 g/mol. The fourth-order valence-corrected chi connectivity index (χ4v) is 1.68. The number of nitrogens with one attached hydrogen (secondary N) is 2. The van der Waals surface area contributed by atoms with Crippen LogP contribution in [0.3, 0.4) is 0 Å². The second-order valence-electron chi connectivity index (χ2n) is 4.26. The lowest BCUT2D eigenvalue weighted by Gasteiger charge is -2.14. The van der Waals surface area contributed by atoms with Gasteiger partial charge in [0, 0.05) is 5.69 Å². The van der Waals surface area contributed by atoms with Crippen LogP contribution in [0.4, 0.5) is 14.9 Å². The van der Waals surface area contributed by atoms with Crippen molar-refractivity contribution in [3.63, 3.8) is 0 Å². The molecule has 0 fully saturated rings. The highest BCUT2D eigenvalue weighted by Gasteiger charge is 2.19. The van der Waals surface area contributed by atoms with Crippen LogP contribution in [-0.4, -0.2) is 23.1 Å². The maximum absolute atomic E-state index is 13.2. The Balaban J connectivity index is 2.60. The molecule has 5 nitrogen and oxygen atoms in total. The standard InChI is InChI=1S/C13H16ClFN2O3/c1-2-3-4-11(12(18)19)17-13(20)16-8-5-6-9(14)10(15)7-8/h5-7,11H,2-4H2,1H3,(H,18,19)(H2,16,17,20)/t11-/m0/s1. The summed E-state index contributed by atoms with van der Waals surface area (Å²) >= 11 is 5.52. The molecule has 3 N–H and O–H groups in total. The van der Waals surface area contributed by atoms with E-state index < -0.39 is 23.9 Å². The summed E-state index contributed by atoms with van der Waals surface area (Å²) in [6.07, 6.45) is 1.86. The molecule has 1 rings (SSSR count). The molecular weight excluding hydrogens is 287 g/mol. The number of unbranched alkanes of at least 4 members (excludes halogenated alkanes) is 1. The Kier molecular flexibility index (Phi) is 6.24.